The monoisotopic (exact) mass is 350 g/mol. The Bertz CT molecular complexity index is 391. The standard InChI is InChI=1S/C11H12Br2O3/c1-15-10-8(11(14)16-2)4-3-7(5-12)9(10)6-13/h3-4H,5-6H2,1-2H3. The minimum Gasteiger partial charge on any atom is -0.496 e. The lowest BCUT2D eigenvalue weighted by Crippen LogP contribution is -2.07. The van der Waals surface area contributed by atoms with Crippen molar-refractivity contribution in [2.24, 2.45) is 0 Å². The van der Waals surface area contributed by atoms with Gasteiger partial charge in [-0.1, -0.05) is 37.9 Å². The van der Waals surface area contributed by atoms with Gasteiger partial charge in [-0.25, -0.2) is 4.79 Å². The van der Waals surface area contributed by atoms with Crippen LogP contribution in [-0.4, -0.2) is 20.2 Å². The smallest absolute Gasteiger partial charge is 0.341 e. The van der Waals surface area contributed by atoms with Gasteiger partial charge in [0.15, 0.2) is 0 Å². The summed E-state index contributed by atoms with van der Waals surface area (Å²) >= 11 is 6.79. The zero-order valence-corrected chi connectivity index (χ0v) is 12.2. The summed E-state index contributed by atoms with van der Waals surface area (Å²) in [6.07, 6.45) is 0. The van der Waals surface area contributed by atoms with Gasteiger partial charge in [0.05, 0.1) is 14.2 Å². The molecular weight excluding hydrogens is 340 g/mol. The summed E-state index contributed by atoms with van der Waals surface area (Å²) in [6, 6.07) is 3.60. The van der Waals surface area contributed by atoms with Crippen LogP contribution < -0.4 is 4.74 Å². The number of ether oxygens (including phenoxy) is 2. The van der Waals surface area contributed by atoms with Crippen LogP contribution in [-0.2, 0) is 15.4 Å². The maximum atomic E-state index is 11.5. The van der Waals surface area contributed by atoms with Crippen molar-refractivity contribution < 1.29 is 14.3 Å². The van der Waals surface area contributed by atoms with Gasteiger partial charge >= 0.3 is 5.97 Å². The van der Waals surface area contributed by atoms with Gasteiger partial charge in [-0.3, -0.25) is 0 Å². The van der Waals surface area contributed by atoms with Crippen molar-refractivity contribution in [1.82, 2.24) is 0 Å². The molecule has 0 aliphatic heterocycles. The topological polar surface area (TPSA) is 35.5 Å². The molecule has 16 heavy (non-hydrogen) atoms. The van der Waals surface area contributed by atoms with E-state index in [4.69, 9.17) is 9.47 Å². The lowest BCUT2D eigenvalue weighted by Gasteiger charge is -2.13. The Hall–Kier alpha value is -0.550. The number of halogens is 2. The fraction of sp³-hybridized carbons (Fsp3) is 0.364. The molecular formula is C11H12Br2O3. The van der Waals surface area contributed by atoms with E-state index in [1.54, 1.807) is 13.2 Å². The normalized spacial score (nSPS) is 10.0. The van der Waals surface area contributed by atoms with E-state index in [-0.39, 0.29) is 5.97 Å². The summed E-state index contributed by atoms with van der Waals surface area (Å²) in [4.78, 5) is 11.5. The number of carbonyl (C=O) groups is 1. The molecule has 0 heterocycles. The summed E-state index contributed by atoms with van der Waals surface area (Å²) in [5.41, 5.74) is 2.49. The van der Waals surface area contributed by atoms with Crippen molar-refractivity contribution in [3.8, 4) is 5.75 Å². The van der Waals surface area contributed by atoms with Crippen LogP contribution >= 0.6 is 31.9 Å². The molecule has 0 aliphatic rings. The van der Waals surface area contributed by atoms with Gasteiger partial charge in [0.25, 0.3) is 0 Å². The van der Waals surface area contributed by atoms with Gasteiger partial charge in [-0.15, -0.1) is 0 Å². The van der Waals surface area contributed by atoms with Gasteiger partial charge in [-0.05, 0) is 11.6 Å². The third-order valence-electron chi connectivity index (χ3n) is 2.24. The Kier molecular flexibility index (Phi) is 5.28. The van der Waals surface area contributed by atoms with Crippen LogP contribution in [0.1, 0.15) is 21.5 Å². The van der Waals surface area contributed by atoms with E-state index >= 15 is 0 Å². The van der Waals surface area contributed by atoms with Crippen LogP contribution in [0, 0.1) is 0 Å². The molecule has 3 nitrogen and oxygen atoms in total. The highest BCUT2D eigenvalue weighted by Crippen LogP contribution is 2.31. The molecule has 0 saturated carbocycles. The van der Waals surface area contributed by atoms with Crippen LogP contribution in [0.25, 0.3) is 0 Å². The summed E-state index contributed by atoms with van der Waals surface area (Å²) in [7, 11) is 2.90. The molecule has 0 bridgehead atoms. The van der Waals surface area contributed by atoms with Gasteiger partial charge in [0, 0.05) is 16.2 Å². The predicted octanol–water partition coefficient (Wildman–Crippen LogP) is 3.27. The molecule has 0 amide bonds. The van der Waals surface area contributed by atoms with Crippen molar-refractivity contribution in [2.45, 2.75) is 10.7 Å². The Morgan fingerprint density at radius 1 is 1.25 bits per heavy atom. The molecule has 0 saturated heterocycles. The second kappa shape index (κ2) is 6.25. The van der Waals surface area contributed by atoms with Crippen molar-refractivity contribution in [3.05, 3.63) is 28.8 Å². The Morgan fingerprint density at radius 2 is 1.94 bits per heavy atom. The van der Waals surface area contributed by atoms with E-state index in [0.29, 0.717) is 22.0 Å². The Balaban J connectivity index is 3.37. The van der Waals surface area contributed by atoms with Crippen LogP contribution in [0.5, 0.6) is 5.75 Å². The SMILES string of the molecule is COC(=O)c1ccc(CBr)c(CBr)c1OC. The van der Waals surface area contributed by atoms with E-state index in [1.807, 2.05) is 6.07 Å². The van der Waals surface area contributed by atoms with Crippen LogP contribution in [0.15, 0.2) is 12.1 Å². The third-order valence-corrected chi connectivity index (χ3v) is 3.41. The fourth-order valence-electron chi connectivity index (χ4n) is 1.44. The van der Waals surface area contributed by atoms with Crippen molar-refractivity contribution in [3.63, 3.8) is 0 Å². The molecule has 0 N–H and O–H groups in total. The molecule has 1 aromatic carbocycles. The summed E-state index contributed by atoms with van der Waals surface area (Å²) in [5, 5.41) is 1.34. The molecule has 0 spiro atoms. The first-order valence-corrected chi connectivity index (χ1v) is 6.82. The van der Waals surface area contributed by atoms with Gasteiger partial charge in [0.2, 0.25) is 0 Å². The minimum atomic E-state index is -0.389. The molecule has 0 fully saturated rings. The zero-order chi connectivity index (χ0) is 12.1. The summed E-state index contributed by atoms with van der Waals surface area (Å²) in [5.74, 6) is 0.181. The van der Waals surface area contributed by atoms with Crippen LogP contribution in [0.2, 0.25) is 0 Å². The molecule has 0 atom stereocenters. The number of carbonyl (C=O) groups excluding carboxylic acids is 1. The number of methoxy groups -OCH3 is 2. The largest absolute Gasteiger partial charge is 0.496 e. The van der Waals surface area contributed by atoms with Gasteiger partial charge < -0.3 is 9.47 Å². The third kappa shape index (κ3) is 2.58. The molecule has 0 aromatic heterocycles. The van der Waals surface area contributed by atoms with Crippen molar-refractivity contribution >= 4 is 37.8 Å². The minimum absolute atomic E-state index is 0.389. The molecule has 5 heteroatoms. The molecule has 1 rings (SSSR count). The second-order valence-electron chi connectivity index (χ2n) is 3.04. The quantitative estimate of drug-likeness (QED) is 0.617. The highest BCUT2D eigenvalue weighted by Gasteiger charge is 2.18. The highest BCUT2D eigenvalue weighted by molar-refractivity contribution is 9.09. The zero-order valence-electron chi connectivity index (χ0n) is 9.05. The first kappa shape index (κ1) is 13.5. The molecule has 0 radical (unpaired) electrons. The predicted molar refractivity (Wildman–Crippen MR) is 69.6 cm³/mol. The second-order valence-corrected chi connectivity index (χ2v) is 4.16. The van der Waals surface area contributed by atoms with E-state index in [1.165, 1.54) is 7.11 Å². The summed E-state index contributed by atoms with van der Waals surface area (Å²) in [6.45, 7) is 0. The highest BCUT2D eigenvalue weighted by atomic mass is 79.9. The van der Waals surface area contributed by atoms with Crippen LogP contribution in [0.3, 0.4) is 0 Å². The maximum absolute atomic E-state index is 11.5. The van der Waals surface area contributed by atoms with E-state index in [2.05, 4.69) is 31.9 Å². The lowest BCUT2D eigenvalue weighted by atomic mass is 10.0. The number of benzene rings is 1. The molecule has 0 aliphatic carbocycles. The Morgan fingerprint density at radius 3 is 2.38 bits per heavy atom. The number of hydrogen-bond acceptors (Lipinski definition) is 3. The number of alkyl halides is 2. The van der Waals surface area contributed by atoms with Gasteiger partial charge in [0.1, 0.15) is 11.3 Å². The first-order valence-electron chi connectivity index (χ1n) is 4.58. The number of esters is 1. The number of rotatable bonds is 4. The average Bonchev–Trinajstić information content (AvgIpc) is 2.35. The molecule has 88 valence electrons. The van der Waals surface area contributed by atoms with Crippen molar-refractivity contribution in [2.75, 3.05) is 14.2 Å². The molecule has 1 aromatic rings. The van der Waals surface area contributed by atoms with Crippen molar-refractivity contribution in [1.29, 1.82) is 0 Å². The fourth-order valence-corrected chi connectivity index (χ4v) is 2.58. The van der Waals surface area contributed by atoms with E-state index in [0.717, 1.165) is 11.1 Å². The van der Waals surface area contributed by atoms with Crippen LogP contribution in [0.4, 0.5) is 0 Å². The summed E-state index contributed by atoms with van der Waals surface area (Å²) < 4.78 is 9.99. The van der Waals surface area contributed by atoms with E-state index < -0.39 is 0 Å². The van der Waals surface area contributed by atoms with Gasteiger partial charge in [-0.2, -0.15) is 0 Å². The van der Waals surface area contributed by atoms with E-state index in [9.17, 15) is 4.79 Å². The molecule has 0 unspecified atom stereocenters. The Labute approximate surface area is 111 Å². The number of hydrogen-bond donors (Lipinski definition) is 0. The average molecular weight is 352 g/mol. The first-order chi connectivity index (χ1) is 7.69. The maximum Gasteiger partial charge on any atom is 0.341 e. The lowest BCUT2D eigenvalue weighted by molar-refractivity contribution is 0.0597.